The van der Waals surface area contributed by atoms with Gasteiger partial charge in [0.05, 0.1) is 16.7 Å². The fraction of sp³-hybridized carbons (Fsp3) is 0.143. The predicted molar refractivity (Wildman–Crippen MR) is 82.1 cm³/mol. The van der Waals surface area contributed by atoms with E-state index in [0.717, 1.165) is 34.2 Å². The Labute approximate surface area is 123 Å². The van der Waals surface area contributed by atoms with Crippen LogP contribution in [-0.2, 0) is 13.1 Å². The van der Waals surface area contributed by atoms with Crippen LogP contribution in [-0.4, -0.2) is 9.97 Å². The number of hydrogen-bond donors (Lipinski definition) is 1. The number of benzene rings is 1. The normalized spacial score (nSPS) is 11.0. The van der Waals surface area contributed by atoms with Gasteiger partial charge < -0.3 is 5.32 Å². The minimum atomic E-state index is 0.786. The molecule has 1 N–H and O–H groups in total. The molecule has 0 fully saturated rings. The first-order valence-corrected chi connectivity index (χ1v) is 7.68. The molecule has 0 aliphatic carbocycles. The molecule has 0 spiro atoms. The van der Waals surface area contributed by atoms with Gasteiger partial charge in [0.2, 0.25) is 0 Å². The Morgan fingerprint density at radius 1 is 1.16 bits per heavy atom. The highest BCUT2D eigenvalue weighted by Gasteiger charge is 2.05. The molecule has 5 heteroatoms. The van der Waals surface area contributed by atoms with Crippen LogP contribution in [0.3, 0.4) is 0 Å². The van der Waals surface area contributed by atoms with Crippen molar-refractivity contribution in [2.45, 2.75) is 13.1 Å². The number of thiazole rings is 1. The molecule has 0 aliphatic rings. The predicted octanol–water partition coefficient (Wildman–Crippen LogP) is 3.74. The van der Waals surface area contributed by atoms with E-state index >= 15 is 0 Å². The fourth-order valence-corrected chi connectivity index (χ4v) is 3.00. The summed E-state index contributed by atoms with van der Waals surface area (Å²) in [5, 5.41) is 6.61. The molecule has 19 heavy (non-hydrogen) atoms. The third-order valence-electron chi connectivity index (χ3n) is 2.91. The van der Waals surface area contributed by atoms with Gasteiger partial charge in [-0.25, -0.2) is 4.98 Å². The van der Waals surface area contributed by atoms with Crippen molar-refractivity contribution in [2.24, 2.45) is 0 Å². The Bertz CT molecular complexity index is 682. The molecule has 0 amide bonds. The third kappa shape index (κ3) is 2.83. The average molecular weight is 334 g/mol. The van der Waals surface area contributed by atoms with Crippen LogP contribution in [0.25, 0.3) is 10.9 Å². The minimum absolute atomic E-state index is 0.786. The third-order valence-corrected chi connectivity index (χ3v) is 4.23. The zero-order valence-corrected chi connectivity index (χ0v) is 12.5. The van der Waals surface area contributed by atoms with Gasteiger partial charge in [-0.15, -0.1) is 11.3 Å². The van der Waals surface area contributed by atoms with Crippen LogP contribution in [0.15, 0.2) is 45.8 Å². The van der Waals surface area contributed by atoms with Crippen molar-refractivity contribution in [1.29, 1.82) is 0 Å². The molecule has 0 radical (unpaired) electrons. The highest BCUT2D eigenvalue weighted by Crippen LogP contribution is 2.25. The first kappa shape index (κ1) is 12.7. The van der Waals surface area contributed by atoms with Crippen LogP contribution in [0.1, 0.15) is 11.3 Å². The Hall–Kier alpha value is -1.30. The molecule has 3 rings (SSSR count). The first-order valence-electron chi connectivity index (χ1n) is 5.94. The van der Waals surface area contributed by atoms with Gasteiger partial charge in [-0.05, 0) is 17.7 Å². The highest BCUT2D eigenvalue weighted by molar-refractivity contribution is 9.10. The molecule has 0 bridgehead atoms. The molecule has 0 atom stereocenters. The second kappa shape index (κ2) is 5.77. The van der Waals surface area contributed by atoms with Gasteiger partial charge in [0.25, 0.3) is 0 Å². The molecule has 0 saturated heterocycles. The largest absolute Gasteiger partial charge is 0.307 e. The quantitative estimate of drug-likeness (QED) is 0.790. The molecule has 96 valence electrons. The van der Waals surface area contributed by atoms with Crippen LogP contribution in [0, 0.1) is 0 Å². The van der Waals surface area contributed by atoms with Crippen molar-refractivity contribution in [3.05, 3.63) is 57.1 Å². The summed E-state index contributed by atoms with van der Waals surface area (Å²) in [5.41, 5.74) is 5.18. The van der Waals surface area contributed by atoms with Crippen molar-refractivity contribution in [2.75, 3.05) is 0 Å². The molecule has 0 aliphatic heterocycles. The number of nitrogens with one attached hydrogen (secondary N) is 1. The number of nitrogens with zero attached hydrogens (tertiary/aromatic N) is 2. The van der Waals surface area contributed by atoms with E-state index in [1.807, 2.05) is 17.8 Å². The monoisotopic (exact) mass is 333 g/mol. The zero-order chi connectivity index (χ0) is 13.1. The number of hydrogen-bond acceptors (Lipinski definition) is 4. The number of pyridine rings is 1. The maximum absolute atomic E-state index is 4.47. The lowest BCUT2D eigenvalue weighted by molar-refractivity contribution is 0.685. The van der Waals surface area contributed by atoms with E-state index in [-0.39, 0.29) is 0 Å². The Morgan fingerprint density at radius 2 is 2.11 bits per heavy atom. The lowest BCUT2D eigenvalue weighted by Crippen LogP contribution is -2.13. The van der Waals surface area contributed by atoms with Crippen LogP contribution in [0.5, 0.6) is 0 Å². The lowest BCUT2D eigenvalue weighted by Gasteiger charge is -2.08. The van der Waals surface area contributed by atoms with Crippen molar-refractivity contribution in [3.63, 3.8) is 0 Å². The van der Waals surface area contributed by atoms with E-state index in [0.29, 0.717) is 0 Å². The topological polar surface area (TPSA) is 37.8 Å². The van der Waals surface area contributed by atoms with Crippen LogP contribution in [0.4, 0.5) is 0 Å². The van der Waals surface area contributed by atoms with Crippen molar-refractivity contribution in [3.8, 4) is 0 Å². The summed E-state index contributed by atoms with van der Waals surface area (Å²) in [6.07, 6.45) is 1.83. The van der Waals surface area contributed by atoms with Gasteiger partial charge in [-0.2, -0.15) is 0 Å². The van der Waals surface area contributed by atoms with E-state index in [1.165, 1.54) is 5.56 Å². The molecule has 1 aromatic carbocycles. The fourth-order valence-electron chi connectivity index (χ4n) is 1.99. The van der Waals surface area contributed by atoms with E-state index < -0.39 is 0 Å². The zero-order valence-electron chi connectivity index (χ0n) is 10.1. The molecular formula is C14H12BrN3S. The Balaban J connectivity index is 1.79. The second-order valence-electron chi connectivity index (χ2n) is 4.19. The maximum atomic E-state index is 4.47. The van der Waals surface area contributed by atoms with Gasteiger partial charge >= 0.3 is 0 Å². The molecule has 3 aromatic rings. The molecule has 2 heterocycles. The summed E-state index contributed by atoms with van der Waals surface area (Å²) < 4.78 is 1.08. The van der Waals surface area contributed by atoms with Crippen molar-refractivity contribution in [1.82, 2.24) is 15.3 Å². The molecule has 0 saturated carbocycles. The van der Waals surface area contributed by atoms with Crippen molar-refractivity contribution >= 4 is 38.2 Å². The van der Waals surface area contributed by atoms with Gasteiger partial charge in [0.1, 0.15) is 0 Å². The summed E-state index contributed by atoms with van der Waals surface area (Å²) in [4.78, 5) is 8.73. The summed E-state index contributed by atoms with van der Waals surface area (Å²) >= 11 is 5.18. The lowest BCUT2D eigenvalue weighted by atomic mass is 10.1. The summed E-state index contributed by atoms with van der Waals surface area (Å²) in [6.45, 7) is 1.58. The number of halogens is 1. The SMILES string of the molecule is Brc1ccc(CNCc2cscn2)c2ncccc12. The minimum Gasteiger partial charge on any atom is -0.307 e. The van der Waals surface area contributed by atoms with E-state index in [2.05, 4.69) is 54.8 Å². The maximum Gasteiger partial charge on any atom is 0.0795 e. The van der Waals surface area contributed by atoms with Gasteiger partial charge in [-0.1, -0.05) is 28.1 Å². The summed E-state index contributed by atoms with van der Waals surface area (Å²) in [6, 6.07) is 8.22. The Kier molecular flexibility index (Phi) is 3.87. The highest BCUT2D eigenvalue weighted by atomic mass is 79.9. The number of aromatic nitrogens is 2. The smallest absolute Gasteiger partial charge is 0.0795 e. The first-order chi connectivity index (χ1) is 9.34. The van der Waals surface area contributed by atoms with E-state index in [9.17, 15) is 0 Å². The molecule has 2 aromatic heterocycles. The van der Waals surface area contributed by atoms with Crippen molar-refractivity contribution < 1.29 is 0 Å². The summed E-state index contributed by atoms with van der Waals surface area (Å²) in [5.74, 6) is 0. The van der Waals surface area contributed by atoms with E-state index in [1.54, 1.807) is 11.3 Å². The number of rotatable bonds is 4. The number of fused-ring (bicyclic) bond motifs is 1. The van der Waals surface area contributed by atoms with Crippen LogP contribution >= 0.6 is 27.3 Å². The average Bonchev–Trinajstić information content (AvgIpc) is 2.95. The van der Waals surface area contributed by atoms with E-state index in [4.69, 9.17) is 0 Å². The van der Waals surface area contributed by atoms with Gasteiger partial charge in [-0.3, -0.25) is 4.98 Å². The standard InChI is InChI=1S/C14H12BrN3S/c15-13-4-3-10(14-12(13)2-1-5-17-14)6-16-7-11-8-19-9-18-11/h1-5,8-9,16H,6-7H2. The second-order valence-corrected chi connectivity index (χ2v) is 5.76. The molecular weight excluding hydrogens is 322 g/mol. The molecule has 3 nitrogen and oxygen atoms in total. The Morgan fingerprint density at radius 3 is 2.95 bits per heavy atom. The van der Waals surface area contributed by atoms with Gasteiger partial charge in [0.15, 0.2) is 0 Å². The summed E-state index contributed by atoms with van der Waals surface area (Å²) in [7, 11) is 0. The molecule has 0 unspecified atom stereocenters. The van der Waals surface area contributed by atoms with Crippen LogP contribution in [0.2, 0.25) is 0 Å². The van der Waals surface area contributed by atoms with Gasteiger partial charge in [0, 0.05) is 34.5 Å². The van der Waals surface area contributed by atoms with Crippen LogP contribution < -0.4 is 5.32 Å².